The predicted octanol–water partition coefficient (Wildman–Crippen LogP) is 1.99. The topological polar surface area (TPSA) is 52.7 Å². The lowest BCUT2D eigenvalue weighted by Gasteiger charge is -2.39. The molecule has 3 N–H and O–H groups in total. The van der Waals surface area contributed by atoms with Gasteiger partial charge in [0.25, 0.3) is 0 Å². The molecule has 0 bridgehead atoms. The zero-order chi connectivity index (χ0) is 15.5. The number of para-hydroxylation sites is 1. The van der Waals surface area contributed by atoms with Gasteiger partial charge in [-0.15, -0.1) is 0 Å². The van der Waals surface area contributed by atoms with Gasteiger partial charge >= 0.3 is 0 Å². The molecule has 0 radical (unpaired) electrons. The van der Waals surface area contributed by atoms with Crippen molar-refractivity contribution in [3.8, 4) is 0 Å². The van der Waals surface area contributed by atoms with Crippen LogP contribution in [0.2, 0.25) is 0 Å². The summed E-state index contributed by atoms with van der Waals surface area (Å²) in [5.41, 5.74) is 8.14. The molecule has 0 amide bonds. The molecule has 1 aromatic carbocycles. The average Bonchev–Trinajstić information content (AvgIpc) is 2.45. The molecule has 2 rings (SSSR count). The summed E-state index contributed by atoms with van der Waals surface area (Å²) in [6, 6.07) is 8.59. The molecule has 21 heavy (non-hydrogen) atoms. The number of β-amino-alcohol motifs (C(OH)–C–C–N with tert-alkyl or cyclic N) is 1. The minimum atomic E-state index is -0.620. The van der Waals surface area contributed by atoms with Crippen LogP contribution in [0, 0.1) is 0 Å². The van der Waals surface area contributed by atoms with E-state index in [9.17, 15) is 5.11 Å². The van der Waals surface area contributed by atoms with Crippen molar-refractivity contribution in [1.29, 1.82) is 0 Å². The van der Waals surface area contributed by atoms with E-state index in [2.05, 4.69) is 41.0 Å². The third-order valence-electron chi connectivity index (χ3n) is 4.10. The molecule has 1 saturated heterocycles. The van der Waals surface area contributed by atoms with Gasteiger partial charge in [0.05, 0.1) is 5.60 Å². The molecule has 1 aliphatic rings. The number of anilines is 1. The van der Waals surface area contributed by atoms with Gasteiger partial charge in [-0.3, -0.25) is 4.90 Å². The van der Waals surface area contributed by atoms with Crippen molar-refractivity contribution in [3.05, 3.63) is 29.8 Å². The van der Waals surface area contributed by atoms with Crippen LogP contribution in [0.3, 0.4) is 0 Å². The van der Waals surface area contributed by atoms with Crippen molar-refractivity contribution >= 4 is 5.69 Å². The Morgan fingerprint density at radius 3 is 2.38 bits per heavy atom. The third kappa shape index (κ3) is 4.43. The maximum atomic E-state index is 9.93. The smallest absolute Gasteiger partial charge is 0.0718 e. The molecule has 4 nitrogen and oxygen atoms in total. The highest BCUT2D eigenvalue weighted by atomic mass is 16.3. The first-order valence-electron chi connectivity index (χ1n) is 7.95. The van der Waals surface area contributed by atoms with E-state index in [0.29, 0.717) is 0 Å². The first kappa shape index (κ1) is 16.3. The van der Waals surface area contributed by atoms with Gasteiger partial charge in [-0.2, -0.15) is 0 Å². The summed E-state index contributed by atoms with van der Waals surface area (Å²) >= 11 is 0. The molecular formula is C17H29N3O. The van der Waals surface area contributed by atoms with Crippen LogP contribution in [0.5, 0.6) is 0 Å². The zero-order valence-electron chi connectivity index (χ0n) is 13.5. The third-order valence-corrected chi connectivity index (χ3v) is 4.10. The normalized spacial score (nSPS) is 18.8. The fourth-order valence-electron chi connectivity index (χ4n) is 3.00. The molecule has 1 aromatic rings. The van der Waals surface area contributed by atoms with Gasteiger partial charge in [-0.05, 0) is 31.9 Å². The zero-order valence-corrected chi connectivity index (χ0v) is 13.5. The number of hydrogen-bond donors (Lipinski definition) is 2. The number of nitrogens with zero attached hydrogens (tertiary/aromatic N) is 2. The Hall–Kier alpha value is -1.10. The largest absolute Gasteiger partial charge is 0.389 e. The highest BCUT2D eigenvalue weighted by Crippen LogP contribution is 2.27. The van der Waals surface area contributed by atoms with Crippen LogP contribution < -0.4 is 10.6 Å². The van der Waals surface area contributed by atoms with Crippen molar-refractivity contribution in [2.24, 2.45) is 5.73 Å². The van der Waals surface area contributed by atoms with Crippen LogP contribution in [0.4, 0.5) is 5.69 Å². The number of rotatable bonds is 5. The lowest BCUT2D eigenvalue weighted by molar-refractivity contribution is 0.0345. The van der Waals surface area contributed by atoms with E-state index >= 15 is 0 Å². The van der Waals surface area contributed by atoms with Crippen LogP contribution in [0.25, 0.3) is 0 Å². The molecule has 0 saturated carbocycles. The van der Waals surface area contributed by atoms with Crippen LogP contribution in [0.15, 0.2) is 24.3 Å². The van der Waals surface area contributed by atoms with Crippen LogP contribution >= 0.6 is 0 Å². The fourth-order valence-corrected chi connectivity index (χ4v) is 3.00. The van der Waals surface area contributed by atoms with Crippen LogP contribution in [0.1, 0.15) is 38.8 Å². The quantitative estimate of drug-likeness (QED) is 0.871. The van der Waals surface area contributed by atoms with Crippen molar-refractivity contribution < 1.29 is 5.11 Å². The SMILES string of the molecule is CC[C@@H](N)c1ccccc1N1CCN(CC(C)(C)O)CC1. The summed E-state index contributed by atoms with van der Waals surface area (Å²) in [4.78, 5) is 4.75. The van der Waals surface area contributed by atoms with Gasteiger partial charge in [-0.25, -0.2) is 0 Å². The monoisotopic (exact) mass is 291 g/mol. The Bertz CT molecular complexity index is 448. The maximum absolute atomic E-state index is 9.93. The summed E-state index contributed by atoms with van der Waals surface area (Å²) in [7, 11) is 0. The molecule has 0 aliphatic carbocycles. The van der Waals surface area contributed by atoms with Crippen molar-refractivity contribution in [3.63, 3.8) is 0 Å². The Labute approximate surface area is 128 Å². The second kappa shape index (κ2) is 6.77. The molecule has 0 spiro atoms. The number of hydrogen-bond acceptors (Lipinski definition) is 4. The summed E-state index contributed by atoms with van der Waals surface area (Å²) in [5.74, 6) is 0. The molecule has 0 aromatic heterocycles. The number of aliphatic hydroxyl groups is 1. The van der Waals surface area contributed by atoms with Crippen molar-refractivity contribution in [2.75, 3.05) is 37.6 Å². The van der Waals surface area contributed by atoms with Crippen molar-refractivity contribution in [1.82, 2.24) is 4.90 Å². The second-order valence-electron chi connectivity index (χ2n) is 6.65. The highest BCUT2D eigenvalue weighted by molar-refractivity contribution is 5.55. The molecular weight excluding hydrogens is 262 g/mol. The fraction of sp³-hybridized carbons (Fsp3) is 0.647. The molecule has 118 valence electrons. The Balaban J connectivity index is 2.03. The van der Waals surface area contributed by atoms with Gasteiger partial charge < -0.3 is 15.7 Å². The molecule has 1 fully saturated rings. The predicted molar refractivity (Wildman–Crippen MR) is 88.6 cm³/mol. The Kier molecular flexibility index (Phi) is 5.25. The minimum absolute atomic E-state index is 0.107. The Morgan fingerprint density at radius 2 is 1.81 bits per heavy atom. The van der Waals surface area contributed by atoms with Crippen LogP contribution in [-0.4, -0.2) is 48.3 Å². The average molecular weight is 291 g/mol. The summed E-state index contributed by atoms with van der Waals surface area (Å²) < 4.78 is 0. The molecule has 1 atom stereocenters. The number of nitrogens with two attached hydrogens (primary N) is 1. The highest BCUT2D eigenvalue weighted by Gasteiger charge is 2.24. The van der Waals surface area contributed by atoms with E-state index in [4.69, 9.17) is 5.73 Å². The van der Waals surface area contributed by atoms with Crippen LogP contribution in [-0.2, 0) is 0 Å². The van der Waals surface area contributed by atoms with E-state index in [1.165, 1.54) is 11.3 Å². The number of benzene rings is 1. The minimum Gasteiger partial charge on any atom is -0.389 e. The lowest BCUT2D eigenvalue weighted by atomic mass is 10.0. The molecule has 1 heterocycles. The van der Waals surface area contributed by atoms with Gasteiger partial charge in [-0.1, -0.05) is 25.1 Å². The van der Waals surface area contributed by atoms with Crippen molar-refractivity contribution in [2.45, 2.75) is 38.8 Å². The maximum Gasteiger partial charge on any atom is 0.0718 e. The van der Waals surface area contributed by atoms with Gasteiger partial charge in [0.2, 0.25) is 0 Å². The summed E-state index contributed by atoms with van der Waals surface area (Å²) in [6.07, 6.45) is 0.954. The van der Waals surface area contributed by atoms with E-state index in [1.54, 1.807) is 0 Å². The first-order valence-corrected chi connectivity index (χ1v) is 7.95. The second-order valence-corrected chi connectivity index (χ2v) is 6.65. The van der Waals surface area contributed by atoms with Gasteiger partial charge in [0.1, 0.15) is 0 Å². The summed E-state index contributed by atoms with van der Waals surface area (Å²) in [5, 5.41) is 9.93. The molecule has 4 heteroatoms. The lowest BCUT2D eigenvalue weighted by Crippen LogP contribution is -2.50. The summed E-state index contributed by atoms with van der Waals surface area (Å²) in [6.45, 7) is 10.6. The molecule has 0 unspecified atom stereocenters. The number of piperazine rings is 1. The molecule has 1 aliphatic heterocycles. The van der Waals surface area contributed by atoms with E-state index in [0.717, 1.165) is 39.1 Å². The van der Waals surface area contributed by atoms with Gasteiger partial charge in [0, 0.05) is 44.5 Å². The first-order chi connectivity index (χ1) is 9.90. The standard InChI is InChI=1S/C17H29N3O/c1-4-15(18)14-7-5-6-8-16(14)20-11-9-19(10-12-20)13-17(2,3)21/h5-8,15,21H,4,9-13,18H2,1-3H3/t15-/m1/s1. The van der Waals surface area contributed by atoms with E-state index in [1.807, 2.05) is 13.8 Å². The Morgan fingerprint density at radius 1 is 1.19 bits per heavy atom. The van der Waals surface area contributed by atoms with Gasteiger partial charge in [0.15, 0.2) is 0 Å². The van der Waals surface area contributed by atoms with E-state index < -0.39 is 5.60 Å². The van der Waals surface area contributed by atoms with E-state index in [-0.39, 0.29) is 6.04 Å².